The van der Waals surface area contributed by atoms with Gasteiger partial charge in [-0.25, -0.2) is 4.79 Å². The zero-order chi connectivity index (χ0) is 13.4. The predicted molar refractivity (Wildman–Crippen MR) is 74.4 cm³/mol. The molecule has 0 saturated heterocycles. The van der Waals surface area contributed by atoms with Crippen LogP contribution in [0.15, 0.2) is 42.5 Å². The third kappa shape index (κ3) is 2.17. The van der Waals surface area contributed by atoms with Crippen LogP contribution >= 0.6 is 11.6 Å². The van der Waals surface area contributed by atoms with Crippen LogP contribution in [-0.4, -0.2) is 5.97 Å². The van der Waals surface area contributed by atoms with E-state index in [2.05, 4.69) is 5.32 Å². The lowest BCUT2D eigenvalue weighted by Crippen LogP contribution is -2.10. The largest absolute Gasteiger partial charge is 0.434 e. The van der Waals surface area contributed by atoms with E-state index >= 15 is 0 Å². The van der Waals surface area contributed by atoms with Gasteiger partial charge in [0.1, 0.15) is 0 Å². The molecule has 0 fully saturated rings. The molecule has 4 heteroatoms. The van der Waals surface area contributed by atoms with Crippen LogP contribution in [0.4, 0.5) is 5.69 Å². The molecule has 1 unspecified atom stereocenters. The first kappa shape index (κ1) is 12.1. The number of nitrogens with one attached hydrogen (secondary N) is 1. The normalized spacial score (nSPS) is 16.9. The Morgan fingerprint density at radius 2 is 2.00 bits per heavy atom. The molecule has 0 saturated carbocycles. The first-order chi connectivity index (χ1) is 9.15. The summed E-state index contributed by atoms with van der Waals surface area (Å²) in [6.45, 7) is 1.94. The van der Waals surface area contributed by atoms with Crippen molar-refractivity contribution in [2.24, 2.45) is 0 Å². The number of fused-ring (bicyclic) bond motifs is 1. The van der Waals surface area contributed by atoms with Crippen molar-refractivity contribution in [3.63, 3.8) is 0 Å². The minimum atomic E-state index is -0.456. The van der Waals surface area contributed by atoms with Crippen LogP contribution < -0.4 is 5.32 Å². The molecular weight excluding hydrogens is 262 g/mol. The minimum Gasteiger partial charge on any atom is -0.434 e. The van der Waals surface area contributed by atoms with Gasteiger partial charge in [-0.2, -0.15) is 0 Å². The monoisotopic (exact) mass is 273 g/mol. The third-order valence-corrected chi connectivity index (χ3v) is 3.56. The van der Waals surface area contributed by atoms with Gasteiger partial charge >= 0.3 is 5.97 Å². The molecule has 0 amide bonds. The van der Waals surface area contributed by atoms with Gasteiger partial charge in [-0.1, -0.05) is 35.9 Å². The second-order valence-corrected chi connectivity index (χ2v) is 4.89. The van der Waals surface area contributed by atoms with E-state index in [1.54, 1.807) is 6.07 Å². The Morgan fingerprint density at radius 3 is 2.79 bits per heavy atom. The van der Waals surface area contributed by atoms with Crippen molar-refractivity contribution in [1.82, 2.24) is 0 Å². The summed E-state index contributed by atoms with van der Waals surface area (Å²) in [6, 6.07) is 13.0. The van der Waals surface area contributed by atoms with Crippen LogP contribution in [0, 0.1) is 6.92 Å². The molecule has 0 radical (unpaired) electrons. The molecule has 96 valence electrons. The lowest BCUT2D eigenvalue weighted by molar-refractivity contribution is 0.0437. The van der Waals surface area contributed by atoms with E-state index in [9.17, 15) is 4.79 Å². The van der Waals surface area contributed by atoms with Gasteiger partial charge in [-0.15, -0.1) is 0 Å². The Hall–Kier alpha value is -2.00. The van der Waals surface area contributed by atoms with E-state index in [4.69, 9.17) is 16.3 Å². The van der Waals surface area contributed by atoms with Gasteiger partial charge in [0.05, 0.1) is 5.56 Å². The van der Waals surface area contributed by atoms with Crippen molar-refractivity contribution in [2.45, 2.75) is 13.2 Å². The molecule has 2 aromatic carbocycles. The van der Waals surface area contributed by atoms with Gasteiger partial charge < -0.3 is 10.1 Å². The number of carbonyl (C=O) groups excluding carboxylic acids is 1. The quantitative estimate of drug-likeness (QED) is 0.843. The number of aryl methyl sites for hydroxylation is 1. The molecule has 2 aromatic rings. The minimum absolute atomic E-state index is 0.300. The number of esters is 1. The fourth-order valence-electron chi connectivity index (χ4n) is 2.09. The summed E-state index contributed by atoms with van der Waals surface area (Å²) in [7, 11) is 0. The van der Waals surface area contributed by atoms with Crippen molar-refractivity contribution in [1.29, 1.82) is 0 Å². The van der Waals surface area contributed by atoms with E-state index in [1.807, 2.05) is 43.3 Å². The number of halogens is 1. The molecule has 0 spiro atoms. The zero-order valence-electron chi connectivity index (χ0n) is 10.3. The molecule has 1 aliphatic rings. The summed E-state index contributed by atoms with van der Waals surface area (Å²) in [6.07, 6.45) is -0.456. The number of benzene rings is 2. The number of ether oxygens (including phenoxy) is 1. The van der Waals surface area contributed by atoms with E-state index in [0.717, 1.165) is 16.8 Å². The zero-order valence-corrected chi connectivity index (χ0v) is 11.1. The second-order valence-electron chi connectivity index (χ2n) is 4.48. The van der Waals surface area contributed by atoms with E-state index in [-0.39, 0.29) is 5.97 Å². The number of hydrogen-bond donors (Lipinski definition) is 1. The number of carbonyl (C=O) groups is 1. The highest BCUT2D eigenvalue weighted by Crippen LogP contribution is 2.32. The second kappa shape index (κ2) is 4.59. The van der Waals surface area contributed by atoms with Crippen molar-refractivity contribution >= 4 is 23.3 Å². The highest BCUT2D eigenvalue weighted by Gasteiger charge is 2.30. The molecule has 0 aliphatic carbocycles. The number of hydrogen-bond acceptors (Lipinski definition) is 3. The summed E-state index contributed by atoms with van der Waals surface area (Å²) in [5.41, 5.74) is 3.29. The summed E-state index contributed by atoms with van der Waals surface area (Å²) >= 11 is 6.08. The van der Waals surface area contributed by atoms with Gasteiger partial charge in [0.15, 0.2) is 0 Å². The maximum Gasteiger partial charge on any atom is 0.340 e. The summed E-state index contributed by atoms with van der Waals surface area (Å²) in [5, 5.41) is 3.85. The Labute approximate surface area is 116 Å². The number of anilines is 1. The fourth-order valence-corrected chi connectivity index (χ4v) is 2.27. The van der Waals surface area contributed by atoms with E-state index in [0.29, 0.717) is 10.6 Å². The molecule has 3 rings (SSSR count). The van der Waals surface area contributed by atoms with E-state index in [1.165, 1.54) is 0 Å². The predicted octanol–water partition coefficient (Wildman–Crippen LogP) is 3.93. The van der Waals surface area contributed by atoms with Gasteiger partial charge in [-0.3, -0.25) is 0 Å². The molecular formula is C15H12ClNO2. The SMILES string of the molecule is Cc1ccc(NC2OC(=O)c3ccccc32)cc1Cl. The lowest BCUT2D eigenvalue weighted by Gasteiger charge is -2.15. The summed E-state index contributed by atoms with van der Waals surface area (Å²) in [4.78, 5) is 11.7. The Kier molecular flexibility index (Phi) is 2.91. The molecule has 3 nitrogen and oxygen atoms in total. The maximum atomic E-state index is 11.7. The Morgan fingerprint density at radius 1 is 1.21 bits per heavy atom. The number of cyclic esters (lactones) is 1. The average Bonchev–Trinajstić information content (AvgIpc) is 2.72. The van der Waals surface area contributed by atoms with Gasteiger partial charge in [0, 0.05) is 16.3 Å². The molecule has 1 aliphatic heterocycles. The summed E-state index contributed by atoms with van der Waals surface area (Å²) < 4.78 is 5.31. The molecule has 0 aromatic heterocycles. The fraction of sp³-hybridized carbons (Fsp3) is 0.133. The van der Waals surface area contributed by atoms with Gasteiger partial charge in [0.2, 0.25) is 6.23 Å². The van der Waals surface area contributed by atoms with Crippen LogP contribution in [0.2, 0.25) is 5.02 Å². The molecule has 1 atom stereocenters. The van der Waals surface area contributed by atoms with Crippen molar-refractivity contribution in [2.75, 3.05) is 5.32 Å². The molecule has 0 bridgehead atoms. The lowest BCUT2D eigenvalue weighted by atomic mass is 10.1. The first-order valence-electron chi connectivity index (χ1n) is 5.98. The van der Waals surface area contributed by atoms with Crippen molar-refractivity contribution < 1.29 is 9.53 Å². The highest BCUT2D eigenvalue weighted by molar-refractivity contribution is 6.31. The van der Waals surface area contributed by atoms with Crippen LogP contribution in [0.1, 0.15) is 27.7 Å². The first-order valence-corrected chi connectivity index (χ1v) is 6.35. The maximum absolute atomic E-state index is 11.7. The van der Waals surface area contributed by atoms with E-state index < -0.39 is 6.23 Å². The smallest absolute Gasteiger partial charge is 0.340 e. The summed E-state index contributed by atoms with van der Waals surface area (Å²) in [5.74, 6) is -0.300. The highest BCUT2D eigenvalue weighted by atomic mass is 35.5. The van der Waals surface area contributed by atoms with Crippen LogP contribution in [0.25, 0.3) is 0 Å². The topological polar surface area (TPSA) is 38.3 Å². The van der Waals surface area contributed by atoms with Crippen LogP contribution in [0.5, 0.6) is 0 Å². The Bertz CT molecular complexity index is 654. The molecule has 19 heavy (non-hydrogen) atoms. The average molecular weight is 274 g/mol. The van der Waals surface area contributed by atoms with Crippen LogP contribution in [0.3, 0.4) is 0 Å². The molecule has 1 N–H and O–H groups in total. The van der Waals surface area contributed by atoms with Gasteiger partial charge in [-0.05, 0) is 30.7 Å². The molecule has 1 heterocycles. The van der Waals surface area contributed by atoms with Crippen molar-refractivity contribution in [3.8, 4) is 0 Å². The number of rotatable bonds is 2. The van der Waals surface area contributed by atoms with Gasteiger partial charge in [0.25, 0.3) is 0 Å². The van der Waals surface area contributed by atoms with Crippen molar-refractivity contribution in [3.05, 3.63) is 64.2 Å². The third-order valence-electron chi connectivity index (χ3n) is 3.16. The standard InChI is InChI=1S/C15H12ClNO2/c1-9-6-7-10(8-13(9)16)17-14-11-4-2-3-5-12(11)15(18)19-14/h2-8,14,17H,1H3. The van der Waals surface area contributed by atoms with Crippen LogP contribution in [-0.2, 0) is 4.74 Å². The Balaban J connectivity index is 1.89.